The summed E-state index contributed by atoms with van der Waals surface area (Å²) in [6.07, 6.45) is 1.67. The highest BCUT2D eigenvalue weighted by atomic mass is 16.5. The Morgan fingerprint density at radius 2 is 2.11 bits per heavy atom. The molecule has 3 aliphatic rings. The lowest BCUT2D eigenvalue weighted by molar-refractivity contribution is -0.136. The molecule has 1 aromatic carbocycles. The molecule has 3 heterocycles. The van der Waals surface area contributed by atoms with Crippen molar-refractivity contribution in [1.29, 1.82) is 0 Å². The van der Waals surface area contributed by atoms with Crippen molar-refractivity contribution in [3.8, 4) is 0 Å². The normalized spacial score (nSPS) is 28.0. The van der Waals surface area contributed by atoms with Gasteiger partial charge in [-0.2, -0.15) is 0 Å². The van der Waals surface area contributed by atoms with E-state index in [1.165, 1.54) is 0 Å². The molecule has 0 aliphatic carbocycles. The number of fused-ring (bicyclic) bond motifs is 1. The minimum atomic E-state index is -0.591. The second-order valence-electron chi connectivity index (χ2n) is 7.76. The Labute approximate surface area is 164 Å². The van der Waals surface area contributed by atoms with Gasteiger partial charge in [-0.15, -0.1) is 0 Å². The van der Waals surface area contributed by atoms with Gasteiger partial charge in [0.05, 0.1) is 6.10 Å². The maximum absolute atomic E-state index is 13.2. The number of amides is 3. The minimum absolute atomic E-state index is 0.133. The quantitative estimate of drug-likeness (QED) is 0.690. The number of nitrogens with zero attached hydrogens (tertiary/aromatic N) is 2. The lowest BCUT2D eigenvalue weighted by Gasteiger charge is -2.29. The molecule has 150 valence electrons. The molecule has 0 aromatic heterocycles. The van der Waals surface area contributed by atoms with Crippen molar-refractivity contribution < 1.29 is 19.1 Å². The van der Waals surface area contributed by atoms with Gasteiger partial charge in [0.25, 0.3) is 5.91 Å². The first-order valence-corrected chi connectivity index (χ1v) is 9.74. The molecule has 8 nitrogen and oxygen atoms in total. The van der Waals surface area contributed by atoms with Crippen molar-refractivity contribution in [1.82, 2.24) is 15.1 Å². The van der Waals surface area contributed by atoms with Crippen molar-refractivity contribution in [3.63, 3.8) is 0 Å². The number of benzene rings is 1. The summed E-state index contributed by atoms with van der Waals surface area (Å²) in [5.41, 5.74) is 8.50. The third kappa shape index (κ3) is 3.32. The zero-order valence-corrected chi connectivity index (χ0v) is 16.0. The van der Waals surface area contributed by atoms with Crippen molar-refractivity contribution in [3.05, 3.63) is 34.9 Å². The van der Waals surface area contributed by atoms with E-state index in [0.29, 0.717) is 31.6 Å². The largest absolute Gasteiger partial charge is 0.380 e. The van der Waals surface area contributed by atoms with Gasteiger partial charge in [0, 0.05) is 51.3 Å². The predicted octanol–water partition coefficient (Wildman–Crippen LogP) is -0.00440. The summed E-state index contributed by atoms with van der Waals surface area (Å²) in [7, 11) is 1.71. The van der Waals surface area contributed by atoms with Crippen LogP contribution in [0.3, 0.4) is 0 Å². The highest BCUT2D eigenvalue weighted by molar-refractivity contribution is 6.05. The van der Waals surface area contributed by atoms with E-state index in [2.05, 4.69) is 10.2 Å². The SMILES string of the molecule is CO[C@H]1C[C@@H](CN)N(Cc2cccc3c2C(=O)N(C2CCC(=O)NC2=O)C3)C1. The van der Waals surface area contributed by atoms with Crippen LogP contribution in [0.4, 0.5) is 0 Å². The van der Waals surface area contributed by atoms with E-state index in [0.717, 1.165) is 24.1 Å². The number of rotatable bonds is 5. The standard InChI is InChI=1S/C20H26N4O4/c1-28-15-7-14(8-21)23(11-15)9-12-3-2-4-13-10-24(20(27)18(12)13)16-5-6-17(25)22-19(16)26/h2-4,14-16H,5-11,21H2,1H3,(H,22,25,26)/t14-,15-,16?/m0/s1. The number of piperidine rings is 1. The average Bonchev–Trinajstić information content (AvgIpc) is 3.23. The summed E-state index contributed by atoms with van der Waals surface area (Å²) >= 11 is 0. The van der Waals surface area contributed by atoms with Gasteiger partial charge in [-0.3, -0.25) is 24.6 Å². The van der Waals surface area contributed by atoms with Gasteiger partial charge in [0.1, 0.15) is 6.04 Å². The summed E-state index contributed by atoms with van der Waals surface area (Å²) < 4.78 is 5.50. The van der Waals surface area contributed by atoms with Crippen molar-refractivity contribution in [2.24, 2.45) is 5.73 Å². The first-order valence-electron chi connectivity index (χ1n) is 9.74. The Bertz CT molecular complexity index is 811. The van der Waals surface area contributed by atoms with Gasteiger partial charge in [-0.1, -0.05) is 18.2 Å². The van der Waals surface area contributed by atoms with Gasteiger partial charge >= 0.3 is 0 Å². The molecule has 3 N–H and O–H groups in total. The van der Waals surface area contributed by atoms with Crippen LogP contribution in [0.25, 0.3) is 0 Å². The molecule has 1 aromatic rings. The Hall–Kier alpha value is -2.29. The number of carbonyl (C=O) groups is 3. The number of nitrogens with two attached hydrogens (primary N) is 1. The van der Waals surface area contributed by atoms with E-state index in [4.69, 9.17) is 10.5 Å². The number of nitrogens with one attached hydrogen (secondary N) is 1. The Kier molecular flexibility index (Phi) is 5.18. The summed E-state index contributed by atoms with van der Waals surface area (Å²) in [4.78, 5) is 40.7. The molecule has 0 spiro atoms. The van der Waals surface area contributed by atoms with E-state index in [1.807, 2.05) is 18.2 Å². The Morgan fingerprint density at radius 3 is 2.82 bits per heavy atom. The summed E-state index contributed by atoms with van der Waals surface area (Å²) in [5, 5.41) is 2.34. The van der Waals surface area contributed by atoms with E-state index >= 15 is 0 Å². The molecule has 8 heteroatoms. The number of carbonyl (C=O) groups excluding carboxylic acids is 3. The summed E-state index contributed by atoms with van der Waals surface area (Å²) in [5.74, 6) is -0.794. The van der Waals surface area contributed by atoms with Crippen molar-refractivity contribution >= 4 is 17.7 Å². The van der Waals surface area contributed by atoms with E-state index < -0.39 is 6.04 Å². The molecule has 0 bridgehead atoms. The summed E-state index contributed by atoms with van der Waals surface area (Å²) in [6.45, 7) is 2.35. The lowest BCUT2D eigenvalue weighted by Crippen LogP contribution is -2.52. The van der Waals surface area contributed by atoms with E-state index in [9.17, 15) is 14.4 Å². The van der Waals surface area contributed by atoms with Crippen molar-refractivity contribution in [2.75, 3.05) is 20.2 Å². The van der Waals surface area contributed by atoms with Crippen LogP contribution in [0.1, 0.15) is 40.7 Å². The second kappa shape index (κ2) is 7.62. The van der Waals surface area contributed by atoms with E-state index in [-0.39, 0.29) is 36.3 Å². The van der Waals surface area contributed by atoms with Gasteiger partial charge in [-0.25, -0.2) is 0 Å². The molecule has 2 fully saturated rings. The molecular formula is C20H26N4O4. The van der Waals surface area contributed by atoms with Gasteiger partial charge in [0.2, 0.25) is 11.8 Å². The molecule has 0 radical (unpaired) electrons. The number of hydrogen-bond donors (Lipinski definition) is 2. The van der Waals surface area contributed by atoms with Crippen LogP contribution < -0.4 is 11.1 Å². The van der Waals surface area contributed by atoms with Crippen LogP contribution in [-0.4, -0.2) is 65.9 Å². The fraction of sp³-hybridized carbons (Fsp3) is 0.550. The molecule has 4 rings (SSSR count). The highest BCUT2D eigenvalue weighted by Gasteiger charge is 2.40. The maximum Gasteiger partial charge on any atom is 0.255 e. The van der Waals surface area contributed by atoms with E-state index in [1.54, 1.807) is 12.0 Å². The first-order chi connectivity index (χ1) is 13.5. The molecule has 3 aliphatic heterocycles. The monoisotopic (exact) mass is 386 g/mol. The van der Waals surface area contributed by atoms with Crippen LogP contribution in [0.5, 0.6) is 0 Å². The summed E-state index contributed by atoms with van der Waals surface area (Å²) in [6, 6.07) is 5.50. The van der Waals surface area contributed by atoms with Gasteiger partial charge in [-0.05, 0) is 24.0 Å². The third-order valence-corrected chi connectivity index (χ3v) is 6.11. The smallest absolute Gasteiger partial charge is 0.255 e. The zero-order valence-electron chi connectivity index (χ0n) is 16.0. The lowest BCUT2D eigenvalue weighted by atomic mass is 10.0. The Balaban J connectivity index is 1.55. The number of imide groups is 1. The minimum Gasteiger partial charge on any atom is -0.380 e. The molecular weight excluding hydrogens is 360 g/mol. The fourth-order valence-corrected chi connectivity index (χ4v) is 4.59. The number of likely N-dealkylation sites (tertiary alicyclic amines) is 1. The number of ether oxygens (including phenoxy) is 1. The van der Waals surface area contributed by atoms with Crippen LogP contribution in [-0.2, 0) is 27.4 Å². The average molecular weight is 386 g/mol. The highest BCUT2D eigenvalue weighted by Crippen LogP contribution is 2.31. The molecule has 2 saturated heterocycles. The predicted molar refractivity (Wildman–Crippen MR) is 101 cm³/mol. The maximum atomic E-state index is 13.2. The molecule has 3 amide bonds. The van der Waals surface area contributed by atoms with Crippen LogP contribution in [0.15, 0.2) is 18.2 Å². The zero-order chi connectivity index (χ0) is 19.8. The molecule has 28 heavy (non-hydrogen) atoms. The third-order valence-electron chi connectivity index (χ3n) is 6.11. The van der Waals surface area contributed by atoms with Crippen LogP contribution >= 0.6 is 0 Å². The van der Waals surface area contributed by atoms with Crippen LogP contribution in [0.2, 0.25) is 0 Å². The van der Waals surface area contributed by atoms with Crippen molar-refractivity contribution in [2.45, 2.75) is 50.5 Å². The first kappa shape index (κ1) is 19.0. The Morgan fingerprint density at radius 1 is 1.29 bits per heavy atom. The molecule has 3 atom stereocenters. The topological polar surface area (TPSA) is 105 Å². The van der Waals surface area contributed by atoms with Crippen LogP contribution in [0, 0.1) is 0 Å². The molecule has 0 saturated carbocycles. The van der Waals surface area contributed by atoms with Gasteiger partial charge < -0.3 is 15.4 Å². The fourth-order valence-electron chi connectivity index (χ4n) is 4.59. The van der Waals surface area contributed by atoms with Gasteiger partial charge in [0.15, 0.2) is 0 Å². The molecule has 1 unspecified atom stereocenters. The second-order valence-corrected chi connectivity index (χ2v) is 7.76. The number of methoxy groups -OCH3 is 1. The number of hydrogen-bond acceptors (Lipinski definition) is 6.